The summed E-state index contributed by atoms with van der Waals surface area (Å²) in [4.78, 5) is 9.87. The van der Waals surface area contributed by atoms with Gasteiger partial charge in [-0.15, -0.1) is 0 Å². The number of benzene rings is 1. The first-order valence-electron chi connectivity index (χ1n) is 6.52. The molecule has 0 radical (unpaired) electrons. The molecule has 116 valence electrons. The van der Waals surface area contributed by atoms with Crippen molar-refractivity contribution in [2.45, 2.75) is 12.8 Å². The highest BCUT2D eigenvalue weighted by Crippen LogP contribution is 2.22. The molecule has 9 heteroatoms. The number of halogens is 1. The van der Waals surface area contributed by atoms with Gasteiger partial charge >= 0.3 is 0 Å². The Balaban J connectivity index is 2.10. The number of anilines is 1. The van der Waals surface area contributed by atoms with Crippen LogP contribution in [-0.4, -0.2) is 32.2 Å². The minimum atomic E-state index is -3.66. The first kappa shape index (κ1) is 15.6. The summed E-state index contributed by atoms with van der Waals surface area (Å²) in [5.41, 5.74) is -0.620. The van der Waals surface area contributed by atoms with Crippen LogP contribution in [0.4, 0.5) is 15.8 Å². The average Bonchev–Trinajstić information content (AvgIpc) is 2.37. The first-order chi connectivity index (χ1) is 9.85. The van der Waals surface area contributed by atoms with Crippen molar-refractivity contribution in [1.82, 2.24) is 5.32 Å². The molecule has 0 unspecified atom stereocenters. The largest absolute Gasteiger partial charge is 0.317 e. The molecule has 7 nitrogen and oxygen atoms in total. The highest BCUT2D eigenvalue weighted by atomic mass is 32.2. The Morgan fingerprint density at radius 1 is 1.33 bits per heavy atom. The SMILES string of the molecule is O=[N+]([O-])c1cc(F)cc(NS(=O)(=O)CC2CCNCC2)c1. The van der Waals surface area contributed by atoms with E-state index in [-0.39, 0.29) is 17.4 Å². The molecular formula is C12H16FN3O4S. The highest BCUT2D eigenvalue weighted by molar-refractivity contribution is 7.92. The Hall–Kier alpha value is -1.74. The van der Waals surface area contributed by atoms with E-state index in [2.05, 4.69) is 10.0 Å². The number of hydrogen-bond donors (Lipinski definition) is 2. The number of sulfonamides is 1. The fourth-order valence-corrected chi connectivity index (χ4v) is 3.83. The Bertz CT molecular complexity index is 629. The third kappa shape index (κ3) is 4.64. The Morgan fingerprint density at radius 3 is 2.62 bits per heavy atom. The molecule has 1 heterocycles. The molecule has 0 spiro atoms. The van der Waals surface area contributed by atoms with Crippen molar-refractivity contribution in [2.24, 2.45) is 5.92 Å². The van der Waals surface area contributed by atoms with Crippen molar-refractivity contribution >= 4 is 21.4 Å². The Kier molecular flexibility index (Phi) is 4.73. The van der Waals surface area contributed by atoms with Gasteiger partial charge < -0.3 is 5.32 Å². The van der Waals surface area contributed by atoms with Crippen LogP contribution in [0.15, 0.2) is 18.2 Å². The molecule has 1 aromatic rings. The molecule has 0 aromatic heterocycles. The molecule has 0 atom stereocenters. The van der Waals surface area contributed by atoms with E-state index in [9.17, 15) is 22.9 Å². The lowest BCUT2D eigenvalue weighted by Crippen LogP contribution is -2.33. The number of nitrogens with zero attached hydrogens (tertiary/aromatic N) is 1. The van der Waals surface area contributed by atoms with E-state index in [1.807, 2.05) is 0 Å². The predicted molar refractivity (Wildman–Crippen MR) is 76.1 cm³/mol. The first-order valence-corrected chi connectivity index (χ1v) is 8.17. The second-order valence-electron chi connectivity index (χ2n) is 5.03. The maximum absolute atomic E-state index is 13.3. The van der Waals surface area contributed by atoms with Crippen molar-refractivity contribution < 1.29 is 17.7 Å². The third-order valence-corrected chi connectivity index (χ3v) is 4.74. The van der Waals surface area contributed by atoms with E-state index in [1.54, 1.807) is 0 Å². The van der Waals surface area contributed by atoms with Crippen LogP contribution in [0.25, 0.3) is 0 Å². The minimum Gasteiger partial charge on any atom is -0.317 e. The molecule has 0 bridgehead atoms. The summed E-state index contributed by atoms with van der Waals surface area (Å²) >= 11 is 0. The van der Waals surface area contributed by atoms with Gasteiger partial charge in [0.2, 0.25) is 10.0 Å². The molecule has 2 N–H and O–H groups in total. The number of nitro groups is 1. The van der Waals surface area contributed by atoms with E-state index < -0.39 is 26.5 Å². The van der Waals surface area contributed by atoms with E-state index in [0.717, 1.165) is 44.1 Å². The van der Waals surface area contributed by atoms with Crippen LogP contribution in [0, 0.1) is 21.8 Å². The second-order valence-corrected chi connectivity index (χ2v) is 6.80. The van der Waals surface area contributed by atoms with Gasteiger partial charge in [0, 0.05) is 6.07 Å². The zero-order valence-electron chi connectivity index (χ0n) is 11.2. The molecule has 1 aliphatic heterocycles. The summed E-state index contributed by atoms with van der Waals surface area (Å²) in [6.45, 7) is 1.54. The van der Waals surface area contributed by atoms with Gasteiger partial charge in [-0.25, -0.2) is 12.8 Å². The number of non-ortho nitro benzene ring substituents is 1. The van der Waals surface area contributed by atoms with Gasteiger partial charge in [-0.2, -0.15) is 0 Å². The molecular weight excluding hydrogens is 301 g/mol. The van der Waals surface area contributed by atoms with Crippen LogP contribution in [0.3, 0.4) is 0 Å². The van der Waals surface area contributed by atoms with Gasteiger partial charge in [0.15, 0.2) is 0 Å². The molecule has 1 aliphatic rings. The second kappa shape index (κ2) is 6.35. The van der Waals surface area contributed by atoms with Crippen LogP contribution >= 0.6 is 0 Å². The lowest BCUT2D eigenvalue weighted by Gasteiger charge is -2.22. The van der Waals surface area contributed by atoms with E-state index in [0.29, 0.717) is 0 Å². The summed E-state index contributed by atoms with van der Waals surface area (Å²) < 4.78 is 39.6. The quantitative estimate of drug-likeness (QED) is 0.632. The number of nitro benzene ring substituents is 1. The summed E-state index contributed by atoms with van der Waals surface area (Å²) in [6, 6.07) is 2.67. The number of hydrogen-bond acceptors (Lipinski definition) is 5. The van der Waals surface area contributed by atoms with E-state index >= 15 is 0 Å². The normalized spacial score (nSPS) is 16.6. The van der Waals surface area contributed by atoms with Crippen molar-refractivity contribution in [2.75, 3.05) is 23.6 Å². The lowest BCUT2D eigenvalue weighted by atomic mass is 10.0. The Morgan fingerprint density at radius 2 is 2.00 bits per heavy atom. The molecule has 1 fully saturated rings. The van der Waals surface area contributed by atoms with Crippen LogP contribution in [0.2, 0.25) is 0 Å². The zero-order valence-corrected chi connectivity index (χ0v) is 12.0. The molecule has 0 amide bonds. The topological polar surface area (TPSA) is 101 Å². The van der Waals surface area contributed by atoms with Crippen LogP contribution in [-0.2, 0) is 10.0 Å². The number of piperidine rings is 1. The standard InChI is InChI=1S/C12H16FN3O4S/c13-10-5-11(7-12(6-10)16(17)18)15-21(19,20)8-9-1-3-14-4-2-9/h5-7,9,14-15H,1-4,8H2. The molecule has 21 heavy (non-hydrogen) atoms. The molecule has 2 rings (SSSR count). The summed E-state index contributed by atoms with van der Waals surface area (Å²) in [6.07, 6.45) is 1.51. The van der Waals surface area contributed by atoms with Gasteiger partial charge in [0.25, 0.3) is 5.69 Å². The monoisotopic (exact) mass is 317 g/mol. The van der Waals surface area contributed by atoms with Gasteiger partial charge in [0.05, 0.1) is 22.4 Å². The van der Waals surface area contributed by atoms with Crippen molar-refractivity contribution in [1.29, 1.82) is 0 Å². The van der Waals surface area contributed by atoms with Gasteiger partial charge in [0.1, 0.15) is 5.82 Å². The maximum Gasteiger partial charge on any atom is 0.274 e. The fourth-order valence-electron chi connectivity index (χ4n) is 2.32. The maximum atomic E-state index is 13.3. The van der Waals surface area contributed by atoms with Gasteiger partial charge in [-0.1, -0.05) is 0 Å². The molecule has 1 aromatic carbocycles. The third-order valence-electron chi connectivity index (χ3n) is 3.28. The smallest absolute Gasteiger partial charge is 0.274 e. The summed E-state index contributed by atoms with van der Waals surface area (Å²) in [5.74, 6) is -0.894. The molecule has 1 saturated heterocycles. The average molecular weight is 317 g/mol. The Labute approximate surface area is 121 Å². The van der Waals surface area contributed by atoms with Crippen LogP contribution in [0.1, 0.15) is 12.8 Å². The summed E-state index contributed by atoms with van der Waals surface area (Å²) in [5, 5.41) is 13.8. The fraction of sp³-hybridized carbons (Fsp3) is 0.500. The number of rotatable bonds is 5. The predicted octanol–water partition coefficient (Wildman–Crippen LogP) is 1.48. The molecule has 0 aliphatic carbocycles. The van der Waals surface area contributed by atoms with Crippen LogP contribution < -0.4 is 10.0 Å². The highest BCUT2D eigenvalue weighted by Gasteiger charge is 2.22. The minimum absolute atomic E-state index is 0.0345. The van der Waals surface area contributed by atoms with E-state index in [1.165, 1.54) is 0 Å². The van der Waals surface area contributed by atoms with E-state index in [4.69, 9.17) is 0 Å². The zero-order chi connectivity index (χ0) is 15.5. The van der Waals surface area contributed by atoms with Gasteiger partial charge in [-0.05, 0) is 37.9 Å². The van der Waals surface area contributed by atoms with Crippen molar-refractivity contribution in [3.05, 3.63) is 34.1 Å². The van der Waals surface area contributed by atoms with Gasteiger partial charge in [-0.3, -0.25) is 14.8 Å². The molecule has 0 saturated carbocycles. The van der Waals surface area contributed by atoms with Crippen molar-refractivity contribution in [3.8, 4) is 0 Å². The number of nitrogens with one attached hydrogen (secondary N) is 2. The van der Waals surface area contributed by atoms with Crippen molar-refractivity contribution in [3.63, 3.8) is 0 Å². The lowest BCUT2D eigenvalue weighted by molar-refractivity contribution is -0.385. The summed E-state index contributed by atoms with van der Waals surface area (Å²) in [7, 11) is -3.66. The van der Waals surface area contributed by atoms with Crippen LogP contribution in [0.5, 0.6) is 0 Å².